The first-order valence-electron chi connectivity index (χ1n) is 10.1. The zero-order valence-electron chi connectivity index (χ0n) is 18.0. The highest BCUT2D eigenvalue weighted by Gasteiger charge is 2.41. The molecule has 0 aliphatic rings. The second-order valence-corrected chi connectivity index (χ2v) is 8.42. The molecule has 0 aliphatic carbocycles. The number of hydrogen-bond donors (Lipinski definition) is 0. The molecule has 1 unspecified atom stereocenters. The van der Waals surface area contributed by atoms with Gasteiger partial charge in [-0.25, -0.2) is 22.0 Å². The third kappa shape index (κ3) is 5.03. The van der Waals surface area contributed by atoms with E-state index in [2.05, 4.69) is 4.74 Å². The lowest BCUT2D eigenvalue weighted by Gasteiger charge is -2.20. The molecule has 1 atom stereocenters. The summed E-state index contributed by atoms with van der Waals surface area (Å²) < 4.78 is 105. The normalized spacial score (nSPS) is 11.6. The fourth-order valence-electron chi connectivity index (χ4n) is 3.52. The predicted molar refractivity (Wildman–Crippen MR) is 122 cm³/mol. The maximum atomic E-state index is 14.8. The van der Waals surface area contributed by atoms with Gasteiger partial charge >= 0.3 is 6.11 Å². The Morgan fingerprint density at radius 3 is 1.80 bits per heavy atom. The third-order valence-electron chi connectivity index (χ3n) is 5.27. The summed E-state index contributed by atoms with van der Waals surface area (Å²) in [5, 5.41) is -0.420. The molecule has 0 spiro atoms. The van der Waals surface area contributed by atoms with Crippen LogP contribution in [0.2, 0.25) is 0 Å². The molecule has 0 heterocycles. The van der Waals surface area contributed by atoms with Gasteiger partial charge in [0.1, 0.15) is 28.8 Å². The van der Waals surface area contributed by atoms with Gasteiger partial charge < -0.3 is 4.74 Å². The molecule has 1 nitrogen and oxygen atoms in total. The molecule has 0 saturated heterocycles. The molecule has 0 saturated carbocycles. The predicted octanol–water partition coefficient (Wildman–Crippen LogP) is 7.65. The molecule has 180 valence electrons. The van der Waals surface area contributed by atoms with Gasteiger partial charge in [-0.05, 0) is 47.9 Å². The van der Waals surface area contributed by atoms with Crippen LogP contribution in [0, 0.1) is 36.0 Å². The summed E-state index contributed by atoms with van der Waals surface area (Å²) in [4.78, 5) is 0. The van der Waals surface area contributed by atoms with Crippen LogP contribution in [0.3, 0.4) is 0 Å². The van der Waals surface area contributed by atoms with E-state index in [0.29, 0.717) is 23.8 Å². The van der Waals surface area contributed by atoms with Crippen molar-refractivity contribution in [2.75, 3.05) is 0 Å². The highest BCUT2D eigenvalue weighted by atomic mass is 31.0. The lowest BCUT2D eigenvalue weighted by Crippen LogP contribution is -2.26. The van der Waals surface area contributed by atoms with Crippen LogP contribution in [-0.2, 0) is 6.11 Å². The van der Waals surface area contributed by atoms with Crippen molar-refractivity contribution in [1.29, 1.82) is 0 Å². The summed E-state index contributed by atoms with van der Waals surface area (Å²) in [7, 11) is 1.79. The number of hydrogen-bond acceptors (Lipinski definition) is 1. The molecule has 0 bridgehead atoms. The van der Waals surface area contributed by atoms with Crippen molar-refractivity contribution in [3.05, 3.63) is 107 Å². The van der Waals surface area contributed by atoms with Crippen LogP contribution in [-0.4, -0.2) is 0 Å². The van der Waals surface area contributed by atoms with E-state index in [0.717, 1.165) is 17.2 Å². The van der Waals surface area contributed by atoms with Gasteiger partial charge in [-0.2, -0.15) is 8.78 Å². The fraction of sp³-hybridized carbons (Fsp3) is 0.0769. The molecule has 4 aromatic carbocycles. The van der Waals surface area contributed by atoms with Crippen molar-refractivity contribution in [2.45, 2.75) is 13.0 Å². The Morgan fingerprint density at radius 2 is 1.23 bits per heavy atom. The van der Waals surface area contributed by atoms with Gasteiger partial charge in [-0.1, -0.05) is 42.0 Å². The zero-order valence-corrected chi connectivity index (χ0v) is 19.1. The van der Waals surface area contributed by atoms with E-state index in [-0.39, 0.29) is 11.1 Å². The summed E-state index contributed by atoms with van der Waals surface area (Å²) in [5.74, 6) is -7.86. The minimum absolute atomic E-state index is 0.206. The molecule has 0 N–H and O–H groups in total. The van der Waals surface area contributed by atoms with Crippen LogP contribution < -0.4 is 10.0 Å². The number of benzene rings is 4. The van der Waals surface area contributed by atoms with E-state index in [1.54, 1.807) is 21.4 Å². The highest BCUT2D eigenvalue weighted by molar-refractivity contribution is 7.27. The van der Waals surface area contributed by atoms with Crippen LogP contribution in [0.1, 0.15) is 11.1 Å². The second-order valence-electron chi connectivity index (χ2n) is 7.80. The van der Waals surface area contributed by atoms with Crippen molar-refractivity contribution in [3.63, 3.8) is 0 Å². The Bertz CT molecular complexity index is 1370. The maximum Gasteiger partial charge on any atom is 0.432 e. The first kappa shape index (κ1) is 24.7. The minimum atomic E-state index is -4.58. The molecule has 35 heavy (non-hydrogen) atoms. The average Bonchev–Trinajstić information content (AvgIpc) is 2.76. The van der Waals surface area contributed by atoms with Crippen LogP contribution in [0.5, 0.6) is 5.75 Å². The lowest BCUT2D eigenvalue weighted by molar-refractivity contribution is -0.189. The summed E-state index contributed by atoms with van der Waals surface area (Å²) in [6.45, 7) is 1.90. The first-order chi connectivity index (χ1) is 16.5. The Hall–Kier alpha value is -3.38. The SMILES string of the molecule is Cc1ccc(-c2ccc(-c3cc(F)c(C(F)(F)Oc4cc(F)c(F)c(P)c4)c(F)c3)c(F)c2)cc1. The average molecular weight is 508 g/mol. The van der Waals surface area contributed by atoms with E-state index >= 15 is 0 Å². The molecule has 0 aromatic heterocycles. The quantitative estimate of drug-likeness (QED) is 0.199. The number of alkyl halides is 2. The van der Waals surface area contributed by atoms with Crippen molar-refractivity contribution in [1.82, 2.24) is 0 Å². The smallest absolute Gasteiger partial charge is 0.429 e. The van der Waals surface area contributed by atoms with Crippen molar-refractivity contribution >= 4 is 14.5 Å². The molecular weight excluding hydrogens is 492 g/mol. The summed E-state index contributed by atoms with van der Waals surface area (Å²) in [5.41, 5.74) is -0.0281. The Kier molecular flexibility index (Phi) is 6.60. The largest absolute Gasteiger partial charge is 0.432 e. The summed E-state index contributed by atoms with van der Waals surface area (Å²) in [6, 6.07) is 13.4. The molecule has 9 heteroatoms. The van der Waals surface area contributed by atoms with Gasteiger partial charge in [-0.15, -0.1) is 9.24 Å². The standard InChI is InChI=1S/C26H16F7OP/c1-13-2-4-14(5-3-13)15-6-7-18(19(27)8-15)16-9-20(28)24(21(29)10-16)26(32,33)34-17-11-22(30)25(31)23(35)12-17/h2-12H,35H2,1H3. The van der Waals surface area contributed by atoms with Gasteiger partial charge in [0.05, 0.1) is 0 Å². The molecule has 0 fully saturated rings. The number of halogens is 7. The van der Waals surface area contributed by atoms with Gasteiger partial charge in [0.2, 0.25) is 0 Å². The molecular formula is C26H16F7OP. The highest BCUT2D eigenvalue weighted by Crippen LogP contribution is 2.38. The Balaban J connectivity index is 1.67. The summed E-state index contributed by atoms with van der Waals surface area (Å²) in [6.07, 6.45) is -4.58. The van der Waals surface area contributed by atoms with E-state index < -0.39 is 51.8 Å². The Morgan fingerprint density at radius 1 is 0.657 bits per heavy atom. The van der Waals surface area contributed by atoms with Crippen LogP contribution in [0.25, 0.3) is 22.3 Å². The van der Waals surface area contributed by atoms with Crippen molar-refractivity contribution < 1.29 is 35.5 Å². The van der Waals surface area contributed by atoms with Crippen molar-refractivity contribution in [3.8, 4) is 28.0 Å². The van der Waals surface area contributed by atoms with Crippen LogP contribution in [0.15, 0.2) is 66.7 Å². The summed E-state index contributed by atoms with van der Waals surface area (Å²) >= 11 is 0. The van der Waals surface area contributed by atoms with Crippen molar-refractivity contribution in [2.24, 2.45) is 0 Å². The zero-order chi connectivity index (χ0) is 25.5. The molecule has 4 aromatic rings. The molecule has 0 radical (unpaired) electrons. The van der Waals surface area contributed by atoms with E-state index in [9.17, 15) is 30.7 Å². The minimum Gasteiger partial charge on any atom is -0.429 e. The van der Waals surface area contributed by atoms with Crippen LogP contribution >= 0.6 is 9.24 Å². The van der Waals surface area contributed by atoms with Gasteiger partial charge in [0.15, 0.2) is 11.6 Å². The van der Waals surface area contributed by atoms with E-state index in [1.807, 2.05) is 19.1 Å². The second kappa shape index (κ2) is 9.34. The Labute approximate surface area is 198 Å². The lowest BCUT2D eigenvalue weighted by atomic mass is 9.98. The van der Waals surface area contributed by atoms with Gasteiger partial charge in [0, 0.05) is 16.9 Å². The molecule has 4 rings (SSSR count). The third-order valence-corrected chi connectivity index (χ3v) is 5.69. The van der Waals surface area contributed by atoms with Crippen LogP contribution in [0.4, 0.5) is 30.7 Å². The number of rotatable bonds is 5. The van der Waals surface area contributed by atoms with Gasteiger partial charge in [-0.3, -0.25) is 0 Å². The molecule has 0 amide bonds. The number of ether oxygens (including phenoxy) is 1. The van der Waals surface area contributed by atoms with Gasteiger partial charge in [0.25, 0.3) is 0 Å². The maximum absolute atomic E-state index is 14.8. The first-order valence-corrected chi connectivity index (χ1v) is 10.7. The topological polar surface area (TPSA) is 9.23 Å². The van der Waals surface area contributed by atoms with E-state index in [4.69, 9.17) is 0 Å². The monoisotopic (exact) mass is 508 g/mol. The van der Waals surface area contributed by atoms with E-state index in [1.165, 1.54) is 18.2 Å². The fourth-order valence-corrected chi connectivity index (χ4v) is 3.83. The number of aryl methyl sites for hydroxylation is 1. The molecule has 0 aliphatic heterocycles.